The van der Waals surface area contributed by atoms with Crippen molar-refractivity contribution < 1.29 is 4.74 Å². The van der Waals surface area contributed by atoms with Crippen LogP contribution in [0.3, 0.4) is 0 Å². The Hall–Kier alpha value is -1.25. The van der Waals surface area contributed by atoms with Crippen molar-refractivity contribution in [2.24, 2.45) is 0 Å². The summed E-state index contributed by atoms with van der Waals surface area (Å²) >= 11 is 1.87. The number of benzene rings is 2. The van der Waals surface area contributed by atoms with Gasteiger partial charge in [0, 0.05) is 5.75 Å². The number of hydrogen-bond acceptors (Lipinski definition) is 2. The summed E-state index contributed by atoms with van der Waals surface area (Å²) in [4.78, 5) is 0. The zero-order valence-corrected chi connectivity index (χ0v) is 12.1. The molecular weight excluding hydrogens is 252 g/mol. The number of rotatable bonds is 7. The molecule has 0 saturated carbocycles. The Balaban J connectivity index is 1.77. The van der Waals surface area contributed by atoms with Gasteiger partial charge in [-0.05, 0) is 17.5 Å². The number of hydrogen-bond donors (Lipinski definition) is 0. The minimum absolute atomic E-state index is 0.264. The Morgan fingerprint density at radius 1 is 0.895 bits per heavy atom. The fourth-order valence-corrected chi connectivity index (χ4v) is 2.78. The van der Waals surface area contributed by atoms with Crippen LogP contribution in [0.5, 0.6) is 0 Å². The highest BCUT2D eigenvalue weighted by atomic mass is 32.2. The largest absolute Gasteiger partial charge is 0.363 e. The van der Waals surface area contributed by atoms with Crippen molar-refractivity contribution in [1.29, 1.82) is 0 Å². The second-order valence-electron chi connectivity index (χ2n) is 4.43. The van der Waals surface area contributed by atoms with Crippen molar-refractivity contribution in [1.82, 2.24) is 0 Å². The van der Waals surface area contributed by atoms with Crippen molar-refractivity contribution in [3.63, 3.8) is 0 Å². The van der Waals surface area contributed by atoms with E-state index in [-0.39, 0.29) is 5.44 Å². The predicted octanol–water partition coefficient (Wildman–Crippen LogP) is 4.87. The standard InChI is InChI=1S/C17H20OS/c1-2-17(18-13-15-9-5-3-6-10-15)19-14-16-11-7-4-8-12-16/h3-12,17H,2,13-14H2,1H3. The summed E-state index contributed by atoms with van der Waals surface area (Å²) in [6.07, 6.45) is 1.03. The second kappa shape index (κ2) is 8.03. The maximum Gasteiger partial charge on any atom is 0.103 e. The molecule has 0 bridgehead atoms. The van der Waals surface area contributed by atoms with Gasteiger partial charge in [0.05, 0.1) is 6.61 Å². The summed E-state index contributed by atoms with van der Waals surface area (Å²) in [5.74, 6) is 1.01. The summed E-state index contributed by atoms with van der Waals surface area (Å²) in [5.41, 5.74) is 2.86. The lowest BCUT2D eigenvalue weighted by molar-refractivity contribution is 0.0967. The molecule has 19 heavy (non-hydrogen) atoms. The molecule has 2 aromatic carbocycles. The molecule has 0 aromatic heterocycles. The topological polar surface area (TPSA) is 9.23 Å². The monoisotopic (exact) mass is 272 g/mol. The van der Waals surface area contributed by atoms with Gasteiger partial charge >= 0.3 is 0 Å². The highest BCUT2D eigenvalue weighted by Crippen LogP contribution is 2.22. The van der Waals surface area contributed by atoms with Crippen LogP contribution in [0.4, 0.5) is 0 Å². The van der Waals surface area contributed by atoms with Gasteiger partial charge in [-0.3, -0.25) is 0 Å². The molecule has 2 aromatic rings. The molecular formula is C17H20OS. The molecule has 0 aliphatic carbocycles. The lowest BCUT2D eigenvalue weighted by atomic mass is 10.2. The normalized spacial score (nSPS) is 12.3. The first-order valence-corrected chi connectivity index (χ1v) is 7.74. The quantitative estimate of drug-likeness (QED) is 0.665. The van der Waals surface area contributed by atoms with Crippen LogP contribution >= 0.6 is 11.8 Å². The zero-order valence-electron chi connectivity index (χ0n) is 11.3. The molecule has 1 unspecified atom stereocenters. The first-order valence-electron chi connectivity index (χ1n) is 6.69. The van der Waals surface area contributed by atoms with Crippen molar-refractivity contribution >= 4 is 11.8 Å². The summed E-state index contributed by atoms with van der Waals surface area (Å²) in [7, 11) is 0. The Labute approximate surface area is 120 Å². The fourth-order valence-electron chi connectivity index (χ4n) is 1.81. The molecule has 0 amide bonds. The van der Waals surface area contributed by atoms with Crippen LogP contribution in [-0.4, -0.2) is 5.44 Å². The van der Waals surface area contributed by atoms with Gasteiger partial charge in [0.25, 0.3) is 0 Å². The maximum atomic E-state index is 5.96. The predicted molar refractivity (Wildman–Crippen MR) is 83.0 cm³/mol. The molecule has 1 nitrogen and oxygen atoms in total. The van der Waals surface area contributed by atoms with E-state index in [0.717, 1.165) is 12.2 Å². The van der Waals surface area contributed by atoms with E-state index < -0.39 is 0 Å². The molecule has 0 spiro atoms. The molecule has 2 heteroatoms. The van der Waals surface area contributed by atoms with Gasteiger partial charge in [-0.15, -0.1) is 11.8 Å². The molecule has 2 rings (SSSR count). The van der Waals surface area contributed by atoms with Crippen LogP contribution in [0.2, 0.25) is 0 Å². The van der Waals surface area contributed by atoms with Crippen molar-refractivity contribution in [3.05, 3.63) is 71.8 Å². The minimum atomic E-state index is 0.264. The van der Waals surface area contributed by atoms with E-state index in [1.807, 2.05) is 17.8 Å². The van der Waals surface area contributed by atoms with Gasteiger partial charge in [-0.2, -0.15) is 0 Å². The third-order valence-electron chi connectivity index (χ3n) is 2.89. The van der Waals surface area contributed by atoms with Gasteiger partial charge in [-0.1, -0.05) is 67.6 Å². The van der Waals surface area contributed by atoms with Crippen molar-refractivity contribution in [3.8, 4) is 0 Å². The van der Waals surface area contributed by atoms with Crippen LogP contribution in [0, 0.1) is 0 Å². The van der Waals surface area contributed by atoms with Crippen LogP contribution in [0.15, 0.2) is 60.7 Å². The minimum Gasteiger partial charge on any atom is -0.363 e. The average Bonchev–Trinajstić information content (AvgIpc) is 2.49. The van der Waals surface area contributed by atoms with Gasteiger partial charge < -0.3 is 4.74 Å². The van der Waals surface area contributed by atoms with E-state index >= 15 is 0 Å². The smallest absolute Gasteiger partial charge is 0.103 e. The van der Waals surface area contributed by atoms with Crippen LogP contribution < -0.4 is 0 Å². The van der Waals surface area contributed by atoms with E-state index in [1.54, 1.807) is 0 Å². The third kappa shape index (κ3) is 5.09. The highest BCUT2D eigenvalue weighted by Gasteiger charge is 2.07. The third-order valence-corrected chi connectivity index (χ3v) is 4.23. The lowest BCUT2D eigenvalue weighted by Crippen LogP contribution is -2.07. The van der Waals surface area contributed by atoms with Crippen LogP contribution in [0.1, 0.15) is 24.5 Å². The molecule has 0 fully saturated rings. The molecule has 0 aliphatic heterocycles. The summed E-state index contributed by atoms with van der Waals surface area (Å²) in [6.45, 7) is 2.87. The molecule has 100 valence electrons. The lowest BCUT2D eigenvalue weighted by Gasteiger charge is -2.15. The van der Waals surface area contributed by atoms with E-state index in [1.165, 1.54) is 11.1 Å². The molecule has 1 atom stereocenters. The number of thioether (sulfide) groups is 1. The SMILES string of the molecule is CCC(OCc1ccccc1)SCc1ccccc1. The molecule has 0 saturated heterocycles. The van der Waals surface area contributed by atoms with Crippen molar-refractivity contribution in [2.75, 3.05) is 0 Å². The summed E-state index contributed by atoms with van der Waals surface area (Å²) < 4.78 is 5.96. The fraction of sp³-hybridized carbons (Fsp3) is 0.294. The van der Waals surface area contributed by atoms with E-state index in [4.69, 9.17) is 4.74 Å². The highest BCUT2D eigenvalue weighted by molar-refractivity contribution is 7.99. The Kier molecular flexibility index (Phi) is 5.99. The van der Waals surface area contributed by atoms with Crippen molar-refractivity contribution in [2.45, 2.75) is 31.1 Å². The van der Waals surface area contributed by atoms with E-state index in [0.29, 0.717) is 6.61 Å². The molecule has 0 heterocycles. The summed E-state index contributed by atoms with van der Waals surface area (Å²) in [6, 6.07) is 20.9. The summed E-state index contributed by atoms with van der Waals surface area (Å²) in [5, 5.41) is 0. The van der Waals surface area contributed by atoms with E-state index in [2.05, 4.69) is 61.5 Å². The van der Waals surface area contributed by atoms with Gasteiger partial charge in [0.15, 0.2) is 0 Å². The first kappa shape index (κ1) is 14.2. The Morgan fingerprint density at radius 2 is 1.47 bits per heavy atom. The number of ether oxygens (including phenoxy) is 1. The molecule has 0 aliphatic rings. The first-order chi connectivity index (χ1) is 9.38. The van der Waals surface area contributed by atoms with Gasteiger partial charge in [0.2, 0.25) is 0 Å². The van der Waals surface area contributed by atoms with Gasteiger partial charge in [0.1, 0.15) is 5.44 Å². The molecule has 0 radical (unpaired) electrons. The van der Waals surface area contributed by atoms with Crippen LogP contribution in [0.25, 0.3) is 0 Å². The Morgan fingerprint density at radius 3 is 2.05 bits per heavy atom. The second-order valence-corrected chi connectivity index (χ2v) is 5.58. The Bertz CT molecular complexity index is 412. The zero-order chi connectivity index (χ0) is 13.3. The molecule has 0 N–H and O–H groups in total. The van der Waals surface area contributed by atoms with Gasteiger partial charge in [-0.25, -0.2) is 0 Å². The maximum absolute atomic E-state index is 5.96. The van der Waals surface area contributed by atoms with E-state index in [9.17, 15) is 0 Å². The average molecular weight is 272 g/mol. The van der Waals surface area contributed by atoms with Crippen LogP contribution in [-0.2, 0) is 17.1 Å².